The van der Waals surface area contributed by atoms with Crippen molar-refractivity contribution in [3.63, 3.8) is 0 Å². The fourth-order valence-electron chi connectivity index (χ4n) is 4.14. The van der Waals surface area contributed by atoms with Gasteiger partial charge in [0.2, 0.25) is 0 Å². The van der Waals surface area contributed by atoms with Gasteiger partial charge in [0, 0.05) is 24.0 Å². The summed E-state index contributed by atoms with van der Waals surface area (Å²) in [6.45, 7) is 5.94. The standard InChI is InChI=1S/C24H23N3OS/c1-16-12-27(13-17(2)28-16)23-22-21(14-29-24(22)26-15-25-23)20-10-8-19(9-11-20)18-6-4-3-5-7-18/h3-11,14-17H,12-13H2,1-2H3/t16-,17-/m1/s1. The van der Waals surface area contributed by atoms with Crippen molar-refractivity contribution in [2.24, 2.45) is 0 Å². The van der Waals surface area contributed by atoms with Gasteiger partial charge in [-0.2, -0.15) is 0 Å². The Bertz CT molecular complexity index is 1110. The minimum absolute atomic E-state index is 0.191. The van der Waals surface area contributed by atoms with E-state index < -0.39 is 0 Å². The minimum Gasteiger partial charge on any atom is -0.372 e. The van der Waals surface area contributed by atoms with E-state index in [0.717, 1.165) is 29.1 Å². The Morgan fingerprint density at radius 2 is 1.52 bits per heavy atom. The molecule has 0 radical (unpaired) electrons. The first kappa shape index (κ1) is 18.3. The van der Waals surface area contributed by atoms with Gasteiger partial charge in [-0.15, -0.1) is 11.3 Å². The second-order valence-corrected chi connectivity index (χ2v) is 8.49. The van der Waals surface area contributed by atoms with E-state index in [9.17, 15) is 0 Å². The van der Waals surface area contributed by atoms with Gasteiger partial charge in [-0.05, 0) is 30.5 Å². The Hall–Kier alpha value is -2.76. The summed E-state index contributed by atoms with van der Waals surface area (Å²) in [4.78, 5) is 12.6. The summed E-state index contributed by atoms with van der Waals surface area (Å²) >= 11 is 1.68. The molecule has 4 aromatic rings. The number of hydrogen-bond acceptors (Lipinski definition) is 5. The van der Waals surface area contributed by atoms with Crippen LogP contribution in [0.3, 0.4) is 0 Å². The number of anilines is 1. The Morgan fingerprint density at radius 3 is 2.24 bits per heavy atom. The predicted molar refractivity (Wildman–Crippen MR) is 121 cm³/mol. The molecule has 0 amide bonds. The molecule has 3 heterocycles. The van der Waals surface area contributed by atoms with Crippen molar-refractivity contribution < 1.29 is 4.74 Å². The topological polar surface area (TPSA) is 38.2 Å². The van der Waals surface area contributed by atoms with Crippen LogP contribution in [0.1, 0.15) is 13.8 Å². The van der Waals surface area contributed by atoms with Gasteiger partial charge in [0.1, 0.15) is 17.0 Å². The Balaban J connectivity index is 1.56. The highest BCUT2D eigenvalue weighted by Crippen LogP contribution is 2.39. The van der Waals surface area contributed by atoms with E-state index in [1.165, 1.54) is 22.3 Å². The zero-order valence-electron chi connectivity index (χ0n) is 16.6. The normalized spacial score (nSPS) is 19.6. The molecule has 1 aliphatic rings. The maximum absolute atomic E-state index is 5.92. The summed E-state index contributed by atoms with van der Waals surface area (Å²) < 4.78 is 5.92. The van der Waals surface area contributed by atoms with E-state index in [0.29, 0.717) is 0 Å². The molecule has 2 aromatic carbocycles. The quantitative estimate of drug-likeness (QED) is 0.445. The van der Waals surface area contributed by atoms with Gasteiger partial charge in [-0.1, -0.05) is 54.6 Å². The van der Waals surface area contributed by atoms with Crippen LogP contribution in [-0.2, 0) is 4.74 Å². The number of aromatic nitrogens is 2. The maximum Gasteiger partial charge on any atom is 0.141 e. The van der Waals surface area contributed by atoms with E-state index in [4.69, 9.17) is 4.74 Å². The van der Waals surface area contributed by atoms with Crippen molar-refractivity contribution in [1.29, 1.82) is 0 Å². The van der Waals surface area contributed by atoms with Crippen LogP contribution < -0.4 is 4.90 Å². The lowest BCUT2D eigenvalue weighted by Gasteiger charge is -2.36. The molecule has 5 rings (SSSR count). The lowest BCUT2D eigenvalue weighted by molar-refractivity contribution is -0.00537. The molecule has 1 fully saturated rings. The van der Waals surface area contributed by atoms with Crippen molar-refractivity contribution in [2.75, 3.05) is 18.0 Å². The second kappa shape index (κ2) is 7.58. The average Bonchev–Trinajstić information content (AvgIpc) is 3.18. The van der Waals surface area contributed by atoms with Crippen LogP contribution in [-0.4, -0.2) is 35.3 Å². The van der Waals surface area contributed by atoms with Crippen LogP contribution in [0.2, 0.25) is 0 Å². The summed E-state index contributed by atoms with van der Waals surface area (Å²) in [5.74, 6) is 1.01. The first-order valence-corrected chi connectivity index (χ1v) is 10.9. The smallest absolute Gasteiger partial charge is 0.141 e. The van der Waals surface area contributed by atoms with Gasteiger partial charge in [0.05, 0.1) is 17.6 Å². The summed E-state index contributed by atoms with van der Waals surface area (Å²) in [7, 11) is 0. The second-order valence-electron chi connectivity index (χ2n) is 7.63. The highest BCUT2D eigenvalue weighted by Gasteiger charge is 2.26. The largest absolute Gasteiger partial charge is 0.372 e. The number of hydrogen-bond donors (Lipinski definition) is 0. The molecule has 1 saturated heterocycles. The first-order chi connectivity index (χ1) is 14.2. The van der Waals surface area contributed by atoms with Crippen LogP contribution in [0.5, 0.6) is 0 Å². The van der Waals surface area contributed by atoms with Crippen LogP contribution in [0.4, 0.5) is 5.82 Å². The number of nitrogens with zero attached hydrogens (tertiary/aromatic N) is 3. The number of ether oxygens (including phenoxy) is 1. The highest BCUT2D eigenvalue weighted by atomic mass is 32.1. The number of rotatable bonds is 3. The van der Waals surface area contributed by atoms with E-state index >= 15 is 0 Å². The molecule has 5 heteroatoms. The monoisotopic (exact) mass is 401 g/mol. The van der Waals surface area contributed by atoms with Crippen molar-refractivity contribution >= 4 is 27.4 Å². The lowest BCUT2D eigenvalue weighted by Crippen LogP contribution is -2.45. The number of benzene rings is 2. The molecule has 2 atom stereocenters. The van der Waals surface area contributed by atoms with Crippen LogP contribution in [0.25, 0.3) is 32.5 Å². The molecule has 29 heavy (non-hydrogen) atoms. The van der Waals surface area contributed by atoms with E-state index in [-0.39, 0.29) is 12.2 Å². The maximum atomic E-state index is 5.92. The Morgan fingerprint density at radius 1 is 0.862 bits per heavy atom. The van der Waals surface area contributed by atoms with Crippen LogP contribution >= 0.6 is 11.3 Å². The molecule has 146 valence electrons. The van der Waals surface area contributed by atoms with E-state index in [1.54, 1.807) is 17.7 Å². The zero-order valence-corrected chi connectivity index (χ0v) is 17.4. The van der Waals surface area contributed by atoms with Crippen LogP contribution in [0.15, 0.2) is 66.3 Å². The third-order valence-corrected chi connectivity index (χ3v) is 6.26. The molecule has 1 aliphatic heterocycles. The SMILES string of the molecule is C[C@@H]1CN(c2ncnc3scc(-c4ccc(-c5ccccc5)cc4)c23)C[C@@H](C)O1. The lowest BCUT2D eigenvalue weighted by atomic mass is 10.0. The fourth-order valence-corrected chi connectivity index (χ4v) is 5.05. The first-order valence-electron chi connectivity index (χ1n) is 9.97. The van der Waals surface area contributed by atoms with Crippen molar-refractivity contribution in [3.8, 4) is 22.3 Å². The van der Waals surface area contributed by atoms with Gasteiger partial charge in [0.25, 0.3) is 0 Å². The van der Waals surface area contributed by atoms with Crippen molar-refractivity contribution in [2.45, 2.75) is 26.1 Å². The highest BCUT2D eigenvalue weighted by molar-refractivity contribution is 7.17. The number of fused-ring (bicyclic) bond motifs is 1. The number of morpholine rings is 1. The molecule has 4 nitrogen and oxygen atoms in total. The van der Waals surface area contributed by atoms with Crippen LogP contribution in [0, 0.1) is 0 Å². The summed E-state index contributed by atoms with van der Waals surface area (Å²) in [6, 6.07) is 19.3. The molecular formula is C24H23N3OS. The number of thiophene rings is 1. The Kier molecular flexibility index (Phi) is 4.78. The molecule has 0 unspecified atom stereocenters. The molecule has 0 bridgehead atoms. The third-order valence-electron chi connectivity index (χ3n) is 5.37. The molecule has 0 spiro atoms. The Labute approximate surface area is 174 Å². The van der Waals surface area contributed by atoms with Gasteiger partial charge in [-0.25, -0.2) is 9.97 Å². The summed E-state index contributed by atoms with van der Waals surface area (Å²) in [5.41, 5.74) is 4.85. The summed E-state index contributed by atoms with van der Waals surface area (Å²) in [6.07, 6.45) is 2.06. The minimum atomic E-state index is 0.191. The fraction of sp³-hybridized carbons (Fsp3) is 0.250. The molecule has 0 saturated carbocycles. The van der Waals surface area contributed by atoms with Crippen molar-refractivity contribution in [3.05, 3.63) is 66.3 Å². The predicted octanol–water partition coefficient (Wildman–Crippen LogP) is 5.64. The summed E-state index contributed by atoms with van der Waals surface area (Å²) in [5, 5.41) is 3.35. The molecular weight excluding hydrogens is 378 g/mol. The van der Waals surface area contributed by atoms with Gasteiger partial charge >= 0.3 is 0 Å². The van der Waals surface area contributed by atoms with Gasteiger partial charge in [0.15, 0.2) is 0 Å². The third kappa shape index (κ3) is 3.52. The van der Waals surface area contributed by atoms with E-state index in [2.05, 4.69) is 82.6 Å². The van der Waals surface area contributed by atoms with Gasteiger partial charge < -0.3 is 9.64 Å². The molecule has 0 aliphatic carbocycles. The molecule has 2 aromatic heterocycles. The van der Waals surface area contributed by atoms with Crippen molar-refractivity contribution in [1.82, 2.24) is 9.97 Å². The zero-order chi connectivity index (χ0) is 19.8. The molecule has 0 N–H and O–H groups in total. The average molecular weight is 402 g/mol. The van der Waals surface area contributed by atoms with E-state index in [1.807, 2.05) is 6.07 Å². The van der Waals surface area contributed by atoms with Gasteiger partial charge in [-0.3, -0.25) is 0 Å².